The Kier molecular flexibility index (Phi) is 3.31. The Bertz CT molecular complexity index is 996. The lowest BCUT2D eigenvalue weighted by molar-refractivity contribution is 0.0905. The molecule has 0 amide bonds. The summed E-state index contributed by atoms with van der Waals surface area (Å²) in [7, 11) is 0. The van der Waals surface area contributed by atoms with Gasteiger partial charge >= 0.3 is 0 Å². The Morgan fingerprint density at radius 3 is 2.04 bits per heavy atom. The minimum atomic E-state index is -0.169. The van der Waals surface area contributed by atoms with Gasteiger partial charge < -0.3 is 4.84 Å². The van der Waals surface area contributed by atoms with Crippen molar-refractivity contribution in [3.8, 4) is 0 Å². The average Bonchev–Trinajstić information content (AvgIpc) is 2.60. The Hall–Kier alpha value is -3.07. The van der Waals surface area contributed by atoms with Crippen molar-refractivity contribution in [3.63, 3.8) is 0 Å². The first kappa shape index (κ1) is 13.6. The van der Waals surface area contributed by atoms with Gasteiger partial charge in [0.25, 0.3) is 5.56 Å². The van der Waals surface area contributed by atoms with Crippen molar-refractivity contribution in [2.45, 2.75) is 6.61 Å². The van der Waals surface area contributed by atoms with Crippen LogP contribution in [0.25, 0.3) is 21.5 Å². The molecule has 0 atom stereocenters. The SMILES string of the molecule is O=c1ccccn1OCc1c2ccccc2cc2ccccc12. The van der Waals surface area contributed by atoms with E-state index in [1.165, 1.54) is 21.6 Å². The number of benzene rings is 3. The van der Waals surface area contributed by atoms with Crippen LogP contribution >= 0.6 is 0 Å². The summed E-state index contributed by atoms with van der Waals surface area (Å²) in [5.41, 5.74) is 0.923. The third kappa shape index (κ3) is 2.46. The van der Waals surface area contributed by atoms with E-state index in [4.69, 9.17) is 4.84 Å². The number of aromatic nitrogens is 1. The normalized spacial score (nSPS) is 11.0. The Morgan fingerprint density at radius 1 is 0.783 bits per heavy atom. The average molecular weight is 301 g/mol. The molecular weight excluding hydrogens is 286 g/mol. The van der Waals surface area contributed by atoms with E-state index in [2.05, 4.69) is 30.3 Å². The van der Waals surface area contributed by atoms with Gasteiger partial charge in [0.15, 0.2) is 0 Å². The van der Waals surface area contributed by atoms with Crippen molar-refractivity contribution < 1.29 is 4.84 Å². The minimum Gasteiger partial charge on any atom is -0.406 e. The van der Waals surface area contributed by atoms with Gasteiger partial charge in [0.05, 0.1) is 0 Å². The summed E-state index contributed by atoms with van der Waals surface area (Å²) in [6.07, 6.45) is 1.63. The number of fused-ring (bicyclic) bond motifs is 2. The second kappa shape index (κ2) is 5.61. The first-order valence-corrected chi connectivity index (χ1v) is 7.53. The highest BCUT2D eigenvalue weighted by molar-refractivity contribution is 6.02. The Labute approximate surface area is 133 Å². The molecule has 23 heavy (non-hydrogen) atoms. The lowest BCUT2D eigenvalue weighted by Crippen LogP contribution is -2.25. The van der Waals surface area contributed by atoms with E-state index in [0.717, 1.165) is 16.3 Å². The van der Waals surface area contributed by atoms with Gasteiger partial charge in [-0.05, 0) is 33.7 Å². The number of hydrogen-bond acceptors (Lipinski definition) is 2. The lowest BCUT2D eigenvalue weighted by atomic mass is 9.97. The maximum Gasteiger partial charge on any atom is 0.282 e. The molecule has 3 aromatic carbocycles. The molecule has 0 spiro atoms. The van der Waals surface area contributed by atoms with Gasteiger partial charge in [0, 0.05) is 17.8 Å². The van der Waals surface area contributed by atoms with Crippen LogP contribution in [0.5, 0.6) is 0 Å². The molecule has 0 aliphatic rings. The number of pyridine rings is 1. The fourth-order valence-corrected chi connectivity index (χ4v) is 2.92. The molecule has 0 aliphatic heterocycles. The van der Waals surface area contributed by atoms with Gasteiger partial charge in [-0.2, -0.15) is 4.73 Å². The van der Waals surface area contributed by atoms with Crippen LogP contribution in [0.3, 0.4) is 0 Å². The van der Waals surface area contributed by atoms with Crippen LogP contribution in [0.15, 0.2) is 83.8 Å². The minimum absolute atomic E-state index is 0.169. The molecule has 112 valence electrons. The van der Waals surface area contributed by atoms with Gasteiger partial charge in [-0.3, -0.25) is 4.79 Å². The molecule has 3 heteroatoms. The van der Waals surface area contributed by atoms with Crippen LogP contribution in [-0.4, -0.2) is 4.73 Å². The smallest absolute Gasteiger partial charge is 0.282 e. The monoisotopic (exact) mass is 301 g/mol. The van der Waals surface area contributed by atoms with E-state index in [-0.39, 0.29) is 5.56 Å². The summed E-state index contributed by atoms with van der Waals surface area (Å²) in [6, 6.07) is 23.6. The molecule has 0 aliphatic carbocycles. The third-order valence-corrected chi connectivity index (χ3v) is 4.02. The summed E-state index contributed by atoms with van der Waals surface area (Å²) in [6.45, 7) is 0.339. The molecule has 0 radical (unpaired) electrons. The summed E-state index contributed by atoms with van der Waals surface area (Å²) < 4.78 is 1.27. The first-order valence-electron chi connectivity index (χ1n) is 7.53. The number of nitrogens with zero attached hydrogens (tertiary/aromatic N) is 1. The molecule has 0 N–H and O–H groups in total. The highest BCUT2D eigenvalue weighted by atomic mass is 16.7. The maximum atomic E-state index is 11.8. The van der Waals surface area contributed by atoms with Gasteiger partial charge in [-0.25, -0.2) is 0 Å². The van der Waals surface area contributed by atoms with Crippen LogP contribution in [-0.2, 0) is 6.61 Å². The van der Waals surface area contributed by atoms with Crippen molar-refractivity contribution in [2.75, 3.05) is 0 Å². The molecule has 0 saturated carbocycles. The van der Waals surface area contributed by atoms with Gasteiger partial charge in [0.1, 0.15) is 6.61 Å². The topological polar surface area (TPSA) is 31.2 Å². The number of hydrogen-bond donors (Lipinski definition) is 0. The Balaban J connectivity index is 1.86. The quantitative estimate of drug-likeness (QED) is 0.539. The van der Waals surface area contributed by atoms with Crippen LogP contribution in [0.1, 0.15) is 5.56 Å². The molecule has 3 nitrogen and oxygen atoms in total. The highest BCUT2D eigenvalue weighted by Crippen LogP contribution is 2.28. The van der Waals surface area contributed by atoms with Crippen molar-refractivity contribution in [1.29, 1.82) is 0 Å². The summed E-state index contributed by atoms with van der Waals surface area (Å²) in [5, 5.41) is 4.64. The third-order valence-electron chi connectivity index (χ3n) is 4.02. The summed E-state index contributed by atoms with van der Waals surface area (Å²) >= 11 is 0. The second-order valence-corrected chi connectivity index (χ2v) is 5.44. The van der Waals surface area contributed by atoms with E-state index < -0.39 is 0 Å². The van der Waals surface area contributed by atoms with Crippen molar-refractivity contribution >= 4 is 21.5 Å². The Morgan fingerprint density at radius 2 is 1.39 bits per heavy atom. The fraction of sp³-hybridized carbons (Fsp3) is 0.0500. The molecule has 1 heterocycles. The molecular formula is C20H15NO2. The number of rotatable bonds is 3. The van der Waals surface area contributed by atoms with Crippen LogP contribution in [0, 0.1) is 0 Å². The van der Waals surface area contributed by atoms with Crippen LogP contribution < -0.4 is 10.4 Å². The second-order valence-electron chi connectivity index (χ2n) is 5.44. The molecule has 4 aromatic rings. The zero-order valence-corrected chi connectivity index (χ0v) is 12.5. The zero-order valence-electron chi connectivity index (χ0n) is 12.5. The van der Waals surface area contributed by atoms with Crippen LogP contribution in [0.2, 0.25) is 0 Å². The molecule has 4 rings (SSSR count). The van der Waals surface area contributed by atoms with Gasteiger partial charge in [0.2, 0.25) is 0 Å². The van der Waals surface area contributed by atoms with E-state index in [0.29, 0.717) is 6.61 Å². The molecule has 0 bridgehead atoms. The lowest BCUT2D eigenvalue weighted by Gasteiger charge is -2.13. The van der Waals surface area contributed by atoms with Crippen LogP contribution in [0.4, 0.5) is 0 Å². The van der Waals surface area contributed by atoms with Crippen molar-refractivity contribution in [2.24, 2.45) is 0 Å². The first-order chi connectivity index (χ1) is 11.3. The molecule has 0 fully saturated rings. The van der Waals surface area contributed by atoms with E-state index in [1.807, 2.05) is 24.3 Å². The highest BCUT2D eigenvalue weighted by Gasteiger charge is 2.08. The summed E-state index contributed by atoms with van der Waals surface area (Å²) in [4.78, 5) is 17.5. The molecule has 1 aromatic heterocycles. The van der Waals surface area contributed by atoms with E-state index in [9.17, 15) is 4.79 Å². The van der Waals surface area contributed by atoms with E-state index >= 15 is 0 Å². The van der Waals surface area contributed by atoms with Crippen molar-refractivity contribution in [1.82, 2.24) is 4.73 Å². The zero-order chi connectivity index (χ0) is 15.6. The standard InChI is InChI=1S/C20H15NO2/c22-20-11-5-6-12-21(20)23-14-19-17-9-3-1-7-15(17)13-16-8-2-4-10-18(16)19/h1-13H,14H2. The van der Waals surface area contributed by atoms with Gasteiger partial charge in [-0.15, -0.1) is 0 Å². The van der Waals surface area contributed by atoms with Gasteiger partial charge in [-0.1, -0.05) is 54.6 Å². The predicted molar refractivity (Wildman–Crippen MR) is 92.4 cm³/mol. The predicted octanol–water partition coefficient (Wildman–Crippen LogP) is 3.78. The molecule has 0 saturated heterocycles. The van der Waals surface area contributed by atoms with Crippen molar-refractivity contribution in [3.05, 3.63) is 94.9 Å². The molecule has 0 unspecified atom stereocenters. The largest absolute Gasteiger partial charge is 0.406 e. The summed E-state index contributed by atoms with van der Waals surface area (Å²) in [5.74, 6) is 0. The fourth-order valence-electron chi connectivity index (χ4n) is 2.92. The van der Waals surface area contributed by atoms with E-state index in [1.54, 1.807) is 18.3 Å². The maximum absolute atomic E-state index is 11.8.